The molecule has 0 aromatic heterocycles. The number of fused-ring (bicyclic) bond motifs is 1. The standard InChI is InChI=1S/C13H21Si.3CH3O.Ti/c1-14(2,3)10-11-8-12-6-4-5-7-13(12)9-11;3*1-2;/h8-9H,4-7,10H2,1-3H3;3*1H3;/q4*-1;+4. The maximum atomic E-state index is 8.25. The first-order chi connectivity index (χ1) is 9.54. The minimum atomic E-state index is -0.913. The quantitative estimate of drug-likeness (QED) is 0.583. The van der Waals surface area contributed by atoms with Gasteiger partial charge in [-0.1, -0.05) is 51.4 Å². The molecule has 2 rings (SSSR count). The second kappa shape index (κ2) is 15.1. The summed E-state index contributed by atoms with van der Waals surface area (Å²) < 4.78 is 0. The first-order valence-electron chi connectivity index (χ1n) is 7.04. The van der Waals surface area contributed by atoms with Gasteiger partial charge in [0.15, 0.2) is 0 Å². The second-order valence-electron chi connectivity index (χ2n) is 5.86. The molecule has 1 aliphatic rings. The third kappa shape index (κ3) is 11.4. The second-order valence-corrected chi connectivity index (χ2v) is 11.3. The fraction of sp³-hybridized carbons (Fsp3) is 0.688. The zero-order chi connectivity index (χ0) is 16.2. The largest absolute Gasteiger partial charge is 4.00 e. The van der Waals surface area contributed by atoms with E-state index in [1.54, 1.807) is 16.7 Å². The van der Waals surface area contributed by atoms with E-state index in [1.807, 2.05) is 0 Å². The summed E-state index contributed by atoms with van der Waals surface area (Å²) in [7, 11) is 1.34. The van der Waals surface area contributed by atoms with Crippen molar-refractivity contribution in [2.24, 2.45) is 0 Å². The van der Waals surface area contributed by atoms with E-state index < -0.39 is 8.07 Å². The Morgan fingerprint density at radius 1 is 0.952 bits per heavy atom. The van der Waals surface area contributed by atoms with Crippen molar-refractivity contribution < 1.29 is 37.0 Å². The van der Waals surface area contributed by atoms with Crippen molar-refractivity contribution in [2.75, 3.05) is 21.3 Å². The van der Waals surface area contributed by atoms with Gasteiger partial charge in [-0.05, 0) is 0 Å². The third-order valence-electron chi connectivity index (χ3n) is 3.01. The predicted molar refractivity (Wildman–Crippen MR) is 83.5 cm³/mol. The Bertz CT molecular complexity index is 309. The summed E-state index contributed by atoms with van der Waals surface area (Å²) in [5, 5.41) is 24.8. The van der Waals surface area contributed by atoms with Gasteiger partial charge in [-0.3, -0.25) is 0 Å². The summed E-state index contributed by atoms with van der Waals surface area (Å²) in [5.74, 6) is 0. The average molecular weight is 346 g/mol. The number of aryl methyl sites for hydroxylation is 2. The summed E-state index contributed by atoms with van der Waals surface area (Å²) in [4.78, 5) is 0. The van der Waals surface area contributed by atoms with Crippen LogP contribution >= 0.6 is 0 Å². The summed E-state index contributed by atoms with van der Waals surface area (Å²) in [5.41, 5.74) is 4.94. The Morgan fingerprint density at radius 3 is 1.86 bits per heavy atom. The summed E-state index contributed by atoms with van der Waals surface area (Å²) in [6.45, 7) is 7.37. The van der Waals surface area contributed by atoms with Gasteiger partial charge in [0.1, 0.15) is 0 Å². The molecule has 0 radical (unpaired) electrons. The van der Waals surface area contributed by atoms with Gasteiger partial charge in [0.05, 0.1) is 0 Å². The van der Waals surface area contributed by atoms with Crippen LogP contribution in [0.3, 0.4) is 0 Å². The van der Waals surface area contributed by atoms with Gasteiger partial charge in [-0.15, -0.1) is 0 Å². The Morgan fingerprint density at radius 2 is 1.43 bits per heavy atom. The molecule has 21 heavy (non-hydrogen) atoms. The molecule has 0 amide bonds. The van der Waals surface area contributed by atoms with Crippen LogP contribution in [0.4, 0.5) is 0 Å². The fourth-order valence-corrected chi connectivity index (χ4v) is 3.91. The first-order valence-corrected chi connectivity index (χ1v) is 10.8. The topological polar surface area (TPSA) is 69.2 Å². The third-order valence-corrected chi connectivity index (χ3v) is 4.48. The van der Waals surface area contributed by atoms with Crippen LogP contribution in [0.15, 0.2) is 12.1 Å². The molecular formula is C16H30O3SiTi. The molecule has 0 aliphatic heterocycles. The van der Waals surface area contributed by atoms with Crippen LogP contribution < -0.4 is 15.3 Å². The van der Waals surface area contributed by atoms with Gasteiger partial charge in [0, 0.05) is 8.07 Å². The van der Waals surface area contributed by atoms with Crippen LogP contribution in [0.1, 0.15) is 29.5 Å². The predicted octanol–water partition coefficient (Wildman–Crippen LogP) is 0.631. The average Bonchev–Trinajstić information content (AvgIpc) is 2.85. The summed E-state index contributed by atoms with van der Waals surface area (Å²) >= 11 is 0. The zero-order valence-electron chi connectivity index (χ0n) is 14.4. The maximum Gasteiger partial charge on any atom is 4.00 e. The molecule has 0 atom stereocenters. The van der Waals surface area contributed by atoms with Crippen molar-refractivity contribution in [2.45, 2.75) is 51.4 Å². The number of hydrogen-bond acceptors (Lipinski definition) is 3. The van der Waals surface area contributed by atoms with E-state index in [2.05, 4.69) is 31.8 Å². The van der Waals surface area contributed by atoms with E-state index >= 15 is 0 Å². The minimum absolute atomic E-state index is 0. The van der Waals surface area contributed by atoms with Crippen molar-refractivity contribution in [1.29, 1.82) is 0 Å². The normalized spacial score (nSPS) is 12.0. The SMILES string of the molecule is C[O-].C[O-].C[O-].C[Si](C)(C)Cc1cc2c([cH-]1)CCCC2.[Ti+4]. The molecule has 120 valence electrons. The van der Waals surface area contributed by atoms with Crippen molar-refractivity contribution in [3.63, 3.8) is 0 Å². The van der Waals surface area contributed by atoms with Gasteiger partial charge in [-0.25, -0.2) is 6.07 Å². The van der Waals surface area contributed by atoms with E-state index in [0.717, 1.165) is 21.3 Å². The van der Waals surface area contributed by atoms with Gasteiger partial charge < -0.3 is 15.3 Å². The van der Waals surface area contributed by atoms with Crippen LogP contribution in [-0.2, 0) is 40.6 Å². The van der Waals surface area contributed by atoms with E-state index in [9.17, 15) is 0 Å². The number of hydrogen-bond donors (Lipinski definition) is 0. The molecule has 0 heterocycles. The van der Waals surface area contributed by atoms with Crippen LogP contribution in [-0.4, -0.2) is 29.4 Å². The van der Waals surface area contributed by atoms with Gasteiger partial charge in [0.2, 0.25) is 0 Å². The molecule has 0 spiro atoms. The number of rotatable bonds is 2. The first kappa shape index (κ1) is 26.1. The van der Waals surface area contributed by atoms with Crippen LogP contribution in [0.25, 0.3) is 0 Å². The minimum Gasteiger partial charge on any atom is -0.857 e. The molecule has 1 aromatic carbocycles. The molecule has 1 aliphatic carbocycles. The molecule has 1 aromatic rings. The molecule has 0 N–H and O–H groups in total. The Balaban J connectivity index is -0.000000414. The molecule has 5 heteroatoms. The van der Waals surface area contributed by atoms with Crippen LogP contribution in [0, 0.1) is 0 Å². The monoisotopic (exact) mass is 346 g/mol. The summed E-state index contributed by atoms with van der Waals surface area (Å²) in [6.07, 6.45) is 5.48. The van der Waals surface area contributed by atoms with E-state index in [-0.39, 0.29) is 21.7 Å². The van der Waals surface area contributed by atoms with Crippen molar-refractivity contribution in [3.8, 4) is 0 Å². The van der Waals surface area contributed by atoms with Crippen molar-refractivity contribution in [1.82, 2.24) is 0 Å². The molecular weight excluding hydrogens is 316 g/mol. The summed E-state index contributed by atoms with van der Waals surface area (Å²) in [6, 6.07) is 6.32. The smallest absolute Gasteiger partial charge is 0.857 e. The Hall–Kier alpha value is 0.161. The van der Waals surface area contributed by atoms with E-state index in [4.69, 9.17) is 15.3 Å². The van der Waals surface area contributed by atoms with E-state index in [0.29, 0.717) is 0 Å². The Labute approximate surface area is 146 Å². The zero-order valence-corrected chi connectivity index (χ0v) is 17.0. The van der Waals surface area contributed by atoms with Crippen LogP contribution in [0.2, 0.25) is 19.6 Å². The maximum absolute atomic E-state index is 8.25. The molecule has 0 saturated heterocycles. The molecule has 0 fully saturated rings. The van der Waals surface area contributed by atoms with Gasteiger partial charge in [-0.2, -0.15) is 44.1 Å². The molecule has 0 saturated carbocycles. The molecule has 3 nitrogen and oxygen atoms in total. The Kier molecular flexibility index (Phi) is 18.7. The van der Waals surface area contributed by atoms with Gasteiger partial charge in [0.25, 0.3) is 0 Å². The van der Waals surface area contributed by atoms with Crippen molar-refractivity contribution in [3.05, 3.63) is 28.8 Å². The fourth-order valence-electron chi connectivity index (χ4n) is 2.49. The van der Waals surface area contributed by atoms with Gasteiger partial charge >= 0.3 is 21.7 Å². The van der Waals surface area contributed by atoms with E-state index in [1.165, 1.54) is 31.7 Å². The van der Waals surface area contributed by atoms with Crippen LogP contribution in [0.5, 0.6) is 0 Å². The molecule has 0 bridgehead atoms. The molecule has 0 unspecified atom stereocenters. The van der Waals surface area contributed by atoms with Crippen molar-refractivity contribution >= 4 is 8.07 Å².